The molecule has 0 radical (unpaired) electrons. The molecule has 58 valence electrons. The Labute approximate surface area is 61.2 Å². The third kappa shape index (κ3) is 0.867. The Kier molecular flexibility index (Phi) is 1.15. The van der Waals surface area contributed by atoms with Crippen LogP contribution in [0.5, 0.6) is 0 Å². The molecule has 0 unspecified atom stereocenters. The number of aliphatic hydroxyl groups is 1. The van der Waals surface area contributed by atoms with Crippen molar-refractivity contribution in [1.82, 2.24) is 0 Å². The van der Waals surface area contributed by atoms with Crippen molar-refractivity contribution >= 4 is 0 Å². The molecule has 2 heteroatoms. The largest absolute Gasteiger partial charge is 0.393 e. The Balaban J connectivity index is 2.04. The molecule has 1 aliphatic carbocycles. The molecular weight excluding hydrogens is 128 g/mol. The molecule has 2 nitrogen and oxygen atoms in total. The molecule has 1 saturated heterocycles. The highest BCUT2D eigenvalue weighted by Crippen LogP contribution is 2.52. The summed E-state index contributed by atoms with van der Waals surface area (Å²) in [6.07, 6.45) is 4.61. The minimum absolute atomic E-state index is 0.175. The van der Waals surface area contributed by atoms with E-state index in [1.54, 1.807) is 0 Å². The number of ether oxygens (including phenoxy) is 1. The Bertz CT molecular complexity index is 151. The first-order valence-electron chi connectivity index (χ1n) is 3.99. The minimum atomic E-state index is -0.212. The fraction of sp³-hybridized carbons (Fsp3) is 1.00. The summed E-state index contributed by atoms with van der Waals surface area (Å²) in [4.78, 5) is 0. The van der Waals surface area contributed by atoms with Crippen molar-refractivity contribution in [2.24, 2.45) is 0 Å². The highest BCUT2D eigenvalue weighted by atomic mass is 16.5. The molecule has 0 aromatic rings. The van der Waals surface area contributed by atoms with Gasteiger partial charge in [0.1, 0.15) is 0 Å². The fourth-order valence-corrected chi connectivity index (χ4v) is 1.72. The summed E-state index contributed by atoms with van der Waals surface area (Å²) < 4.78 is 5.75. The van der Waals surface area contributed by atoms with Crippen LogP contribution >= 0.6 is 0 Å². The van der Waals surface area contributed by atoms with Crippen molar-refractivity contribution in [2.45, 2.75) is 43.8 Å². The molecule has 0 bridgehead atoms. The van der Waals surface area contributed by atoms with Crippen LogP contribution in [-0.2, 0) is 4.74 Å². The molecule has 0 amide bonds. The topological polar surface area (TPSA) is 29.5 Å². The molecule has 1 atom stereocenters. The second-order valence-corrected chi connectivity index (χ2v) is 3.89. The van der Waals surface area contributed by atoms with Gasteiger partial charge in [0.05, 0.1) is 17.8 Å². The standard InChI is InChI=1S/C8H14O2/c1-7(6-9)2-3-8(10-7)4-5-8/h9H,2-6H2,1H3/t7-/m0/s1. The highest BCUT2D eigenvalue weighted by molar-refractivity contribution is 5.04. The Hall–Kier alpha value is -0.0800. The summed E-state index contributed by atoms with van der Waals surface area (Å²) in [5.41, 5.74) is 0.00792. The molecule has 0 aromatic carbocycles. The Morgan fingerprint density at radius 3 is 2.20 bits per heavy atom. The zero-order valence-corrected chi connectivity index (χ0v) is 6.39. The van der Waals surface area contributed by atoms with Gasteiger partial charge >= 0.3 is 0 Å². The first-order valence-corrected chi connectivity index (χ1v) is 3.99. The van der Waals surface area contributed by atoms with Crippen LogP contribution in [0.3, 0.4) is 0 Å². The van der Waals surface area contributed by atoms with E-state index in [2.05, 4.69) is 0 Å². The molecule has 1 heterocycles. The number of hydrogen-bond acceptors (Lipinski definition) is 2. The maximum absolute atomic E-state index is 8.96. The Morgan fingerprint density at radius 1 is 1.30 bits per heavy atom. The third-order valence-corrected chi connectivity index (χ3v) is 2.71. The average Bonchev–Trinajstić information content (AvgIpc) is 2.56. The fourth-order valence-electron chi connectivity index (χ4n) is 1.72. The van der Waals surface area contributed by atoms with Gasteiger partial charge in [0.15, 0.2) is 0 Å². The normalized spacial score (nSPS) is 42.6. The van der Waals surface area contributed by atoms with Gasteiger partial charge in [-0.25, -0.2) is 0 Å². The maximum Gasteiger partial charge on any atom is 0.0892 e. The van der Waals surface area contributed by atoms with Gasteiger partial charge in [-0.05, 0) is 32.6 Å². The molecular formula is C8H14O2. The molecule has 1 saturated carbocycles. The average molecular weight is 142 g/mol. The van der Waals surface area contributed by atoms with E-state index in [0.717, 1.165) is 12.8 Å². The SMILES string of the molecule is C[C@@]1(CO)CCC2(CC2)O1. The van der Waals surface area contributed by atoms with Crippen LogP contribution in [0.25, 0.3) is 0 Å². The van der Waals surface area contributed by atoms with Gasteiger partial charge < -0.3 is 9.84 Å². The predicted molar refractivity (Wildman–Crippen MR) is 37.8 cm³/mol. The van der Waals surface area contributed by atoms with E-state index in [-0.39, 0.29) is 17.8 Å². The summed E-state index contributed by atoms with van der Waals surface area (Å²) in [6, 6.07) is 0. The number of aliphatic hydroxyl groups excluding tert-OH is 1. The summed E-state index contributed by atoms with van der Waals surface area (Å²) in [7, 11) is 0. The van der Waals surface area contributed by atoms with E-state index >= 15 is 0 Å². The lowest BCUT2D eigenvalue weighted by atomic mass is 10.0. The summed E-state index contributed by atoms with van der Waals surface area (Å²) >= 11 is 0. The van der Waals surface area contributed by atoms with E-state index in [1.165, 1.54) is 12.8 Å². The minimum Gasteiger partial charge on any atom is -0.393 e. The molecule has 1 N–H and O–H groups in total. The van der Waals surface area contributed by atoms with Crippen LogP contribution in [0.4, 0.5) is 0 Å². The Morgan fingerprint density at radius 2 is 1.90 bits per heavy atom. The van der Waals surface area contributed by atoms with Gasteiger partial charge in [-0.15, -0.1) is 0 Å². The second kappa shape index (κ2) is 1.74. The molecule has 0 aromatic heterocycles. The van der Waals surface area contributed by atoms with E-state index < -0.39 is 0 Å². The van der Waals surface area contributed by atoms with Gasteiger partial charge in [0.25, 0.3) is 0 Å². The highest BCUT2D eigenvalue weighted by Gasteiger charge is 2.53. The van der Waals surface area contributed by atoms with Crippen molar-refractivity contribution < 1.29 is 9.84 Å². The summed E-state index contributed by atoms with van der Waals surface area (Å²) in [5, 5.41) is 8.96. The molecule has 2 aliphatic rings. The lowest BCUT2D eigenvalue weighted by Crippen LogP contribution is -2.29. The molecule has 1 aliphatic heterocycles. The van der Waals surface area contributed by atoms with Crippen LogP contribution in [0.2, 0.25) is 0 Å². The molecule has 2 rings (SSSR count). The first kappa shape index (κ1) is 6.62. The lowest BCUT2D eigenvalue weighted by Gasteiger charge is -2.21. The van der Waals surface area contributed by atoms with Gasteiger partial charge in [0, 0.05) is 0 Å². The van der Waals surface area contributed by atoms with Crippen molar-refractivity contribution in [3.8, 4) is 0 Å². The van der Waals surface area contributed by atoms with Gasteiger partial charge in [0.2, 0.25) is 0 Å². The first-order chi connectivity index (χ1) is 4.68. The van der Waals surface area contributed by atoms with Crippen molar-refractivity contribution in [1.29, 1.82) is 0 Å². The van der Waals surface area contributed by atoms with Gasteiger partial charge in [-0.3, -0.25) is 0 Å². The zero-order chi connectivity index (χ0) is 7.24. The number of rotatable bonds is 1. The summed E-state index contributed by atoms with van der Waals surface area (Å²) in [6.45, 7) is 2.18. The monoisotopic (exact) mass is 142 g/mol. The van der Waals surface area contributed by atoms with Crippen LogP contribution in [-0.4, -0.2) is 22.9 Å². The summed E-state index contributed by atoms with van der Waals surface area (Å²) in [5.74, 6) is 0. The van der Waals surface area contributed by atoms with Crippen LogP contribution in [0.1, 0.15) is 32.6 Å². The molecule has 2 fully saturated rings. The van der Waals surface area contributed by atoms with Crippen molar-refractivity contribution in [3.63, 3.8) is 0 Å². The quantitative estimate of drug-likeness (QED) is 0.593. The molecule has 10 heavy (non-hydrogen) atoms. The van der Waals surface area contributed by atoms with Crippen LogP contribution in [0.15, 0.2) is 0 Å². The van der Waals surface area contributed by atoms with E-state index in [1.807, 2.05) is 6.92 Å². The van der Waals surface area contributed by atoms with E-state index in [0.29, 0.717) is 0 Å². The third-order valence-electron chi connectivity index (χ3n) is 2.71. The van der Waals surface area contributed by atoms with Gasteiger partial charge in [-0.2, -0.15) is 0 Å². The second-order valence-electron chi connectivity index (χ2n) is 3.89. The maximum atomic E-state index is 8.96. The van der Waals surface area contributed by atoms with Crippen LogP contribution < -0.4 is 0 Å². The van der Waals surface area contributed by atoms with Crippen molar-refractivity contribution in [2.75, 3.05) is 6.61 Å². The molecule has 1 spiro atoms. The zero-order valence-electron chi connectivity index (χ0n) is 6.39. The van der Waals surface area contributed by atoms with E-state index in [4.69, 9.17) is 9.84 Å². The number of hydrogen-bond donors (Lipinski definition) is 1. The van der Waals surface area contributed by atoms with Crippen molar-refractivity contribution in [3.05, 3.63) is 0 Å². The van der Waals surface area contributed by atoms with E-state index in [9.17, 15) is 0 Å². The smallest absolute Gasteiger partial charge is 0.0892 e. The van der Waals surface area contributed by atoms with Crippen LogP contribution in [0, 0.1) is 0 Å². The lowest BCUT2D eigenvalue weighted by molar-refractivity contribution is -0.0717. The predicted octanol–water partition coefficient (Wildman–Crippen LogP) is 1.08. The van der Waals surface area contributed by atoms with Gasteiger partial charge in [-0.1, -0.05) is 0 Å².